The summed E-state index contributed by atoms with van der Waals surface area (Å²) < 4.78 is 83.2. The fraction of sp³-hybridized carbons (Fsp3) is 0.269. The molecule has 1 saturated heterocycles. The molecule has 1 aliphatic heterocycles. The zero-order valence-corrected chi connectivity index (χ0v) is 21.8. The van der Waals surface area contributed by atoms with E-state index in [1.54, 1.807) is 19.1 Å². The molecule has 1 atom stereocenters. The molecule has 4 aromatic heterocycles. The van der Waals surface area contributed by atoms with Crippen molar-refractivity contribution in [1.82, 2.24) is 23.5 Å². The fourth-order valence-corrected chi connectivity index (χ4v) is 6.11. The number of fused-ring (bicyclic) bond motifs is 2. The average molecular weight is 574 g/mol. The van der Waals surface area contributed by atoms with Gasteiger partial charge >= 0.3 is 11.9 Å². The number of alkyl halides is 3. The van der Waals surface area contributed by atoms with E-state index < -0.39 is 33.6 Å². The van der Waals surface area contributed by atoms with E-state index in [4.69, 9.17) is 9.47 Å². The smallest absolute Gasteiger partial charge is 0.376 e. The molecule has 1 aromatic carbocycles. The van der Waals surface area contributed by atoms with Crippen molar-refractivity contribution >= 4 is 32.2 Å². The van der Waals surface area contributed by atoms with Crippen LogP contribution in [0.5, 0.6) is 0 Å². The molecule has 6 rings (SSSR count). The quantitative estimate of drug-likeness (QED) is 0.340. The van der Waals surface area contributed by atoms with Gasteiger partial charge in [0, 0.05) is 35.1 Å². The van der Waals surface area contributed by atoms with Gasteiger partial charge in [0.15, 0.2) is 11.3 Å². The van der Waals surface area contributed by atoms with E-state index in [0.29, 0.717) is 13.2 Å². The number of nitrogens with zero attached hydrogens (tertiary/aromatic N) is 4. The molecular formula is C26H22F3N5O5S. The summed E-state index contributed by atoms with van der Waals surface area (Å²) in [6.07, 6.45) is -2.03. The molecule has 1 fully saturated rings. The van der Waals surface area contributed by atoms with E-state index in [1.165, 1.54) is 29.0 Å². The molecule has 0 spiro atoms. The van der Waals surface area contributed by atoms with Crippen LogP contribution in [-0.4, -0.2) is 57.8 Å². The van der Waals surface area contributed by atoms with Gasteiger partial charge in [-0.3, -0.25) is 9.55 Å². The minimum Gasteiger partial charge on any atom is -0.376 e. The molecule has 1 N–H and O–H groups in total. The Bertz CT molecular complexity index is 1900. The van der Waals surface area contributed by atoms with Gasteiger partial charge < -0.3 is 9.47 Å². The highest BCUT2D eigenvalue weighted by molar-refractivity contribution is 7.90. The highest BCUT2D eigenvalue weighted by Crippen LogP contribution is 2.42. The van der Waals surface area contributed by atoms with Crippen molar-refractivity contribution in [2.45, 2.75) is 30.6 Å². The molecule has 0 unspecified atom stereocenters. The van der Waals surface area contributed by atoms with E-state index in [1.807, 2.05) is 0 Å². The van der Waals surface area contributed by atoms with Crippen molar-refractivity contribution in [1.29, 1.82) is 0 Å². The van der Waals surface area contributed by atoms with Crippen molar-refractivity contribution in [2.24, 2.45) is 0 Å². The first-order valence-electron chi connectivity index (χ1n) is 12.2. The van der Waals surface area contributed by atoms with E-state index in [0.717, 1.165) is 28.0 Å². The number of aromatic nitrogens is 5. The van der Waals surface area contributed by atoms with E-state index in [-0.39, 0.29) is 51.4 Å². The van der Waals surface area contributed by atoms with Crippen LogP contribution >= 0.6 is 0 Å². The van der Waals surface area contributed by atoms with Crippen LogP contribution in [0.3, 0.4) is 0 Å². The largest absolute Gasteiger partial charge is 0.417 e. The van der Waals surface area contributed by atoms with Crippen LogP contribution in [0.25, 0.3) is 33.3 Å². The lowest BCUT2D eigenvalue weighted by Crippen LogP contribution is -2.34. The van der Waals surface area contributed by atoms with Crippen LogP contribution < -0.4 is 5.69 Å². The number of rotatable bonds is 5. The molecular weight excluding hydrogens is 551 g/mol. The Morgan fingerprint density at radius 3 is 2.58 bits per heavy atom. The lowest BCUT2D eigenvalue weighted by Gasteiger charge is -2.23. The van der Waals surface area contributed by atoms with Gasteiger partial charge in [0.2, 0.25) is 0 Å². The third kappa shape index (κ3) is 4.47. The summed E-state index contributed by atoms with van der Waals surface area (Å²) in [5.74, 6) is 0. The molecule has 0 bridgehead atoms. The molecule has 14 heteroatoms. The third-order valence-electron chi connectivity index (χ3n) is 6.75. The minimum absolute atomic E-state index is 0.0527. The van der Waals surface area contributed by atoms with E-state index in [9.17, 15) is 26.4 Å². The van der Waals surface area contributed by atoms with Gasteiger partial charge in [-0.1, -0.05) is 17.7 Å². The zero-order valence-electron chi connectivity index (χ0n) is 21.0. The van der Waals surface area contributed by atoms with Gasteiger partial charge in [-0.05, 0) is 31.2 Å². The summed E-state index contributed by atoms with van der Waals surface area (Å²) >= 11 is 0. The Hall–Kier alpha value is -4.01. The number of aromatic amines is 1. The number of H-pyrrole nitrogens is 1. The number of halogens is 3. The number of nitrogens with one attached hydrogen (secondary N) is 1. The molecule has 1 aliphatic rings. The summed E-state index contributed by atoms with van der Waals surface area (Å²) in [4.78, 5) is 23.5. The normalized spacial score (nSPS) is 16.6. The maximum atomic E-state index is 14.5. The van der Waals surface area contributed by atoms with Crippen LogP contribution in [-0.2, 0) is 32.2 Å². The highest BCUT2D eigenvalue weighted by Gasteiger charge is 2.38. The van der Waals surface area contributed by atoms with Crippen LogP contribution in [0.1, 0.15) is 11.1 Å². The summed E-state index contributed by atoms with van der Waals surface area (Å²) in [6.45, 7) is 2.98. The second kappa shape index (κ2) is 9.57. The van der Waals surface area contributed by atoms with E-state index in [2.05, 4.69) is 15.0 Å². The number of aryl methyl sites for hydroxylation is 1. The Morgan fingerprint density at radius 2 is 1.88 bits per heavy atom. The topological polar surface area (TPSA) is 121 Å². The van der Waals surface area contributed by atoms with E-state index >= 15 is 0 Å². The lowest BCUT2D eigenvalue weighted by molar-refractivity contribution is -0.135. The molecule has 208 valence electrons. The first-order chi connectivity index (χ1) is 19.0. The lowest BCUT2D eigenvalue weighted by atomic mass is 10.0. The first-order valence-corrected chi connectivity index (χ1v) is 13.7. The van der Waals surface area contributed by atoms with Crippen molar-refractivity contribution < 1.29 is 31.1 Å². The van der Waals surface area contributed by atoms with Crippen molar-refractivity contribution in [2.75, 3.05) is 19.8 Å². The number of pyridine rings is 2. The zero-order chi connectivity index (χ0) is 28.2. The number of imidazole rings is 1. The predicted molar refractivity (Wildman–Crippen MR) is 138 cm³/mol. The Kier molecular flexibility index (Phi) is 6.27. The number of hydrogen-bond acceptors (Lipinski definition) is 7. The molecule has 0 amide bonds. The fourth-order valence-electron chi connectivity index (χ4n) is 4.81. The van der Waals surface area contributed by atoms with Crippen molar-refractivity contribution in [3.05, 3.63) is 76.6 Å². The second-order valence-electron chi connectivity index (χ2n) is 9.41. The van der Waals surface area contributed by atoms with Gasteiger partial charge in [-0.2, -0.15) is 13.2 Å². The number of benzene rings is 1. The standard InChI is InChI=1S/C26H22F3N5O5S/c1-15-2-4-18(5-3-15)40(36,37)34-7-6-19-22(26(27,28)29)20(12-31-24(19)34)16-10-21-23(30-11-16)32-25(35)33(21)13-17-14-38-8-9-39-17/h2-7,10-12,17H,8-9,13-14H2,1H3,(H,30,32,35)/t17-/m0/s1. The minimum atomic E-state index is -4.86. The van der Waals surface area contributed by atoms with Gasteiger partial charge in [0.25, 0.3) is 10.0 Å². The van der Waals surface area contributed by atoms with Crippen LogP contribution in [0.4, 0.5) is 13.2 Å². The Balaban J connectivity index is 1.49. The summed E-state index contributed by atoms with van der Waals surface area (Å²) in [5.41, 5.74) is -0.862. The average Bonchev–Trinajstić information content (AvgIpc) is 3.49. The van der Waals surface area contributed by atoms with Crippen molar-refractivity contribution in [3.63, 3.8) is 0 Å². The van der Waals surface area contributed by atoms with Crippen LogP contribution in [0.2, 0.25) is 0 Å². The molecule has 5 heterocycles. The summed E-state index contributed by atoms with van der Waals surface area (Å²) in [7, 11) is -4.21. The second-order valence-corrected chi connectivity index (χ2v) is 11.2. The monoisotopic (exact) mass is 573 g/mol. The van der Waals surface area contributed by atoms with Gasteiger partial charge in [0.1, 0.15) is 0 Å². The Labute approximate surface area is 225 Å². The molecule has 0 aliphatic carbocycles. The molecule has 5 aromatic rings. The number of hydrogen-bond donors (Lipinski definition) is 1. The molecule has 0 radical (unpaired) electrons. The maximum Gasteiger partial charge on any atom is 0.417 e. The maximum absolute atomic E-state index is 14.5. The van der Waals surface area contributed by atoms with Gasteiger partial charge in [-0.15, -0.1) is 0 Å². The van der Waals surface area contributed by atoms with Crippen molar-refractivity contribution in [3.8, 4) is 11.1 Å². The highest BCUT2D eigenvalue weighted by atomic mass is 32.2. The van der Waals surface area contributed by atoms with Crippen LogP contribution in [0.15, 0.2) is 64.7 Å². The van der Waals surface area contributed by atoms with Crippen LogP contribution in [0, 0.1) is 6.92 Å². The predicted octanol–water partition coefficient (Wildman–Crippen LogP) is 3.72. The summed E-state index contributed by atoms with van der Waals surface area (Å²) in [5, 5.41) is -0.389. The first kappa shape index (κ1) is 26.2. The summed E-state index contributed by atoms with van der Waals surface area (Å²) in [6, 6.07) is 8.47. The Morgan fingerprint density at radius 1 is 1.10 bits per heavy atom. The molecule has 40 heavy (non-hydrogen) atoms. The third-order valence-corrected chi connectivity index (χ3v) is 8.43. The number of ether oxygens (including phenoxy) is 2. The molecule has 10 nitrogen and oxygen atoms in total. The molecule has 0 saturated carbocycles. The van der Waals surface area contributed by atoms with Gasteiger partial charge in [0.05, 0.1) is 48.4 Å². The van der Waals surface area contributed by atoms with Gasteiger partial charge in [-0.25, -0.2) is 27.2 Å². The SMILES string of the molecule is Cc1ccc(S(=O)(=O)n2ccc3c(C(F)(F)F)c(-c4cnc5[nH]c(=O)n(C[C@H]6COCCO6)c5c4)cnc32)cc1.